The molecule has 0 radical (unpaired) electrons. The molecular weight excluding hydrogens is 365 g/mol. The highest BCUT2D eigenvalue weighted by atomic mass is 32.1. The summed E-state index contributed by atoms with van der Waals surface area (Å²) >= 11 is 1.42. The van der Waals surface area contributed by atoms with Gasteiger partial charge >= 0.3 is 6.18 Å². The summed E-state index contributed by atoms with van der Waals surface area (Å²) in [6.07, 6.45) is -3.89. The summed E-state index contributed by atoms with van der Waals surface area (Å²) in [7, 11) is 1.47. The largest absolute Gasteiger partial charge is 0.416 e. The zero-order chi connectivity index (χ0) is 19.2. The summed E-state index contributed by atoms with van der Waals surface area (Å²) in [6.45, 7) is 0.211. The van der Waals surface area contributed by atoms with Crippen molar-refractivity contribution in [2.75, 3.05) is 13.6 Å². The van der Waals surface area contributed by atoms with E-state index in [2.05, 4.69) is 5.32 Å². The van der Waals surface area contributed by atoms with Crippen molar-refractivity contribution in [3.8, 4) is 0 Å². The molecule has 0 spiro atoms. The minimum atomic E-state index is -4.45. The Labute approximate surface area is 153 Å². The van der Waals surface area contributed by atoms with Gasteiger partial charge in [0, 0.05) is 37.5 Å². The van der Waals surface area contributed by atoms with Crippen molar-refractivity contribution in [2.45, 2.75) is 25.6 Å². The molecule has 26 heavy (non-hydrogen) atoms. The predicted octanol–water partition coefficient (Wildman–Crippen LogP) is 3.94. The fourth-order valence-corrected chi connectivity index (χ4v) is 3.04. The lowest BCUT2D eigenvalue weighted by molar-refractivity contribution is -0.139. The van der Waals surface area contributed by atoms with Crippen LogP contribution in [0.3, 0.4) is 0 Å². The molecule has 1 aromatic heterocycles. The van der Waals surface area contributed by atoms with Crippen LogP contribution in [0.1, 0.15) is 34.3 Å². The molecule has 1 aromatic carbocycles. The number of halogens is 3. The SMILES string of the molecule is CN(Cc1ccccc1C(F)(F)F)C(=O)CCCNC(=O)c1ccsc1. The topological polar surface area (TPSA) is 49.4 Å². The van der Waals surface area contributed by atoms with Crippen molar-refractivity contribution in [3.05, 3.63) is 57.8 Å². The lowest BCUT2D eigenvalue weighted by Crippen LogP contribution is -2.29. The van der Waals surface area contributed by atoms with Crippen molar-refractivity contribution in [3.63, 3.8) is 0 Å². The summed E-state index contributed by atoms with van der Waals surface area (Å²) in [6, 6.07) is 6.92. The molecule has 0 aliphatic heterocycles. The normalized spacial score (nSPS) is 11.2. The molecule has 1 N–H and O–H groups in total. The third-order valence-corrected chi connectivity index (χ3v) is 4.48. The number of rotatable bonds is 7. The first-order chi connectivity index (χ1) is 12.3. The van der Waals surface area contributed by atoms with Gasteiger partial charge in [-0.1, -0.05) is 18.2 Å². The van der Waals surface area contributed by atoms with Crippen LogP contribution in [0.25, 0.3) is 0 Å². The first-order valence-electron chi connectivity index (χ1n) is 7.98. The molecule has 0 fully saturated rings. The van der Waals surface area contributed by atoms with Gasteiger partial charge in [0.25, 0.3) is 5.91 Å². The summed E-state index contributed by atoms with van der Waals surface area (Å²) in [5.41, 5.74) is -0.105. The van der Waals surface area contributed by atoms with Crippen LogP contribution in [-0.2, 0) is 17.5 Å². The van der Waals surface area contributed by atoms with Gasteiger partial charge in [0.15, 0.2) is 0 Å². The average molecular weight is 384 g/mol. The van der Waals surface area contributed by atoms with Gasteiger partial charge in [0.1, 0.15) is 0 Å². The minimum absolute atomic E-state index is 0.0570. The Hall–Kier alpha value is -2.35. The standard InChI is InChI=1S/C18H19F3N2O2S/c1-23(11-13-5-2-3-6-15(13)18(19,20)21)16(24)7-4-9-22-17(25)14-8-10-26-12-14/h2-3,5-6,8,10,12H,4,7,9,11H2,1H3,(H,22,25). The number of thiophene rings is 1. The van der Waals surface area contributed by atoms with Gasteiger partial charge in [-0.25, -0.2) is 0 Å². The Kier molecular flexibility index (Phi) is 6.79. The van der Waals surface area contributed by atoms with E-state index in [0.717, 1.165) is 6.07 Å². The van der Waals surface area contributed by atoms with E-state index < -0.39 is 11.7 Å². The molecule has 1 heterocycles. The summed E-state index contributed by atoms with van der Waals surface area (Å²) in [4.78, 5) is 25.1. The number of nitrogens with zero attached hydrogens (tertiary/aromatic N) is 1. The first-order valence-corrected chi connectivity index (χ1v) is 8.93. The van der Waals surface area contributed by atoms with Gasteiger partial charge in [-0.05, 0) is 29.5 Å². The van der Waals surface area contributed by atoms with Gasteiger partial charge in [0.05, 0.1) is 5.56 Å². The Bertz CT molecular complexity index is 745. The van der Waals surface area contributed by atoms with Crippen molar-refractivity contribution in [1.82, 2.24) is 10.2 Å². The molecule has 0 unspecified atom stereocenters. The second kappa shape index (κ2) is 8.84. The number of nitrogens with one attached hydrogen (secondary N) is 1. The highest BCUT2D eigenvalue weighted by Gasteiger charge is 2.33. The summed E-state index contributed by atoms with van der Waals surface area (Å²) in [5, 5.41) is 6.23. The molecular formula is C18H19F3N2O2S. The van der Waals surface area contributed by atoms with Crippen molar-refractivity contribution in [2.24, 2.45) is 0 Å². The maximum atomic E-state index is 13.0. The van der Waals surface area contributed by atoms with Crippen LogP contribution < -0.4 is 5.32 Å². The van der Waals surface area contributed by atoms with E-state index in [-0.39, 0.29) is 30.3 Å². The van der Waals surface area contributed by atoms with Gasteiger partial charge < -0.3 is 10.2 Å². The molecule has 2 rings (SSSR count). The number of alkyl halides is 3. The summed E-state index contributed by atoms with van der Waals surface area (Å²) in [5.74, 6) is -0.474. The van der Waals surface area contributed by atoms with Crippen LogP contribution in [0.2, 0.25) is 0 Å². The maximum absolute atomic E-state index is 13.0. The van der Waals surface area contributed by atoms with Crippen LogP contribution in [0.4, 0.5) is 13.2 Å². The van der Waals surface area contributed by atoms with E-state index in [1.54, 1.807) is 16.8 Å². The molecule has 8 heteroatoms. The smallest absolute Gasteiger partial charge is 0.352 e. The van der Waals surface area contributed by atoms with Crippen LogP contribution in [0.15, 0.2) is 41.1 Å². The molecule has 0 aliphatic carbocycles. The minimum Gasteiger partial charge on any atom is -0.352 e. The zero-order valence-electron chi connectivity index (χ0n) is 14.2. The Morgan fingerprint density at radius 1 is 1.19 bits per heavy atom. The number of benzene rings is 1. The molecule has 0 saturated carbocycles. The van der Waals surface area contributed by atoms with Crippen LogP contribution in [-0.4, -0.2) is 30.3 Å². The lowest BCUT2D eigenvalue weighted by Gasteiger charge is -2.20. The molecule has 0 atom stereocenters. The average Bonchev–Trinajstić information content (AvgIpc) is 3.12. The molecule has 0 aliphatic rings. The monoisotopic (exact) mass is 384 g/mol. The van der Waals surface area contributed by atoms with E-state index in [0.29, 0.717) is 18.5 Å². The summed E-state index contributed by atoms with van der Waals surface area (Å²) < 4.78 is 39.0. The number of hydrogen-bond acceptors (Lipinski definition) is 3. The molecule has 140 valence electrons. The van der Waals surface area contributed by atoms with Crippen LogP contribution >= 0.6 is 11.3 Å². The van der Waals surface area contributed by atoms with E-state index in [9.17, 15) is 22.8 Å². The zero-order valence-corrected chi connectivity index (χ0v) is 15.0. The molecule has 4 nitrogen and oxygen atoms in total. The molecule has 0 bridgehead atoms. The highest BCUT2D eigenvalue weighted by Crippen LogP contribution is 2.32. The number of carbonyl (C=O) groups is 2. The number of amides is 2. The molecule has 0 saturated heterocycles. The molecule has 2 aromatic rings. The Balaban J connectivity index is 1.80. The number of hydrogen-bond donors (Lipinski definition) is 1. The Morgan fingerprint density at radius 2 is 1.92 bits per heavy atom. The Morgan fingerprint density at radius 3 is 2.58 bits per heavy atom. The van der Waals surface area contributed by atoms with Crippen molar-refractivity contribution >= 4 is 23.2 Å². The fourth-order valence-electron chi connectivity index (χ4n) is 2.41. The quantitative estimate of drug-likeness (QED) is 0.736. The van der Waals surface area contributed by atoms with Crippen LogP contribution in [0.5, 0.6) is 0 Å². The second-order valence-electron chi connectivity index (χ2n) is 5.78. The second-order valence-corrected chi connectivity index (χ2v) is 6.56. The number of carbonyl (C=O) groups excluding carboxylic acids is 2. The fraction of sp³-hybridized carbons (Fsp3) is 0.333. The van der Waals surface area contributed by atoms with Gasteiger partial charge in [-0.3, -0.25) is 9.59 Å². The maximum Gasteiger partial charge on any atom is 0.416 e. The molecule has 2 amide bonds. The van der Waals surface area contributed by atoms with Crippen LogP contribution in [0, 0.1) is 0 Å². The van der Waals surface area contributed by atoms with Gasteiger partial charge in [0.2, 0.25) is 5.91 Å². The lowest BCUT2D eigenvalue weighted by atomic mass is 10.1. The van der Waals surface area contributed by atoms with Gasteiger partial charge in [-0.2, -0.15) is 24.5 Å². The van der Waals surface area contributed by atoms with E-state index in [4.69, 9.17) is 0 Å². The third-order valence-electron chi connectivity index (χ3n) is 3.79. The van der Waals surface area contributed by atoms with E-state index >= 15 is 0 Å². The van der Waals surface area contributed by atoms with Crippen molar-refractivity contribution < 1.29 is 22.8 Å². The van der Waals surface area contributed by atoms with Gasteiger partial charge in [-0.15, -0.1) is 0 Å². The van der Waals surface area contributed by atoms with E-state index in [1.807, 2.05) is 0 Å². The highest BCUT2D eigenvalue weighted by molar-refractivity contribution is 7.08. The van der Waals surface area contributed by atoms with E-state index in [1.165, 1.54) is 41.5 Å². The third kappa shape index (κ3) is 5.59. The van der Waals surface area contributed by atoms with Crippen molar-refractivity contribution in [1.29, 1.82) is 0 Å². The first kappa shape index (κ1) is 20.0. The predicted molar refractivity (Wildman–Crippen MR) is 93.8 cm³/mol.